The highest BCUT2D eigenvalue weighted by atomic mass is 16.6. The number of nitrogens with one attached hydrogen (secondary N) is 1. The molecule has 0 aliphatic heterocycles. The second kappa shape index (κ2) is 7.77. The van der Waals surface area contributed by atoms with Crippen molar-refractivity contribution in [3.63, 3.8) is 0 Å². The first-order chi connectivity index (χ1) is 13.0. The Morgan fingerprint density at radius 3 is 2.63 bits per heavy atom. The third-order valence-corrected chi connectivity index (χ3v) is 4.10. The Hall–Kier alpha value is -3.55. The van der Waals surface area contributed by atoms with Crippen LogP contribution in [0.3, 0.4) is 0 Å². The van der Waals surface area contributed by atoms with Crippen LogP contribution in [0.25, 0.3) is 11.1 Å². The van der Waals surface area contributed by atoms with Gasteiger partial charge in [-0.2, -0.15) is 5.10 Å². The topological polar surface area (TPSA) is 103 Å². The zero-order valence-electron chi connectivity index (χ0n) is 15.0. The van der Waals surface area contributed by atoms with Crippen LogP contribution in [0.1, 0.15) is 35.8 Å². The van der Waals surface area contributed by atoms with Crippen LogP contribution in [0.4, 0.5) is 5.69 Å². The number of carbonyl (C=O) groups is 1. The lowest BCUT2D eigenvalue weighted by molar-refractivity contribution is -0.384. The molecule has 0 aliphatic carbocycles. The molecule has 2 heterocycles. The zero-order chi connectivity index (χ0) is 19.4. The van der Waals surface area contributed by atoms with E-state index in [0.717, 1.165) is 5.56 Å². The summed E-state index contributed by atoms with van der Waals surface area (Å²) in [6.07, 6.45) is 6.61. The highest BCUT2D eigenvalue weighted by Gasteiger charge is 2.19. The average Bonchev–Trinajstić information content (AvgIpc) is 3.17. The number of hydrogen-bond acceptors (Lipinski definition) is 5. The summed E-state index contributed by atoms with van der Waals surface area (Å²) >= 11 is 0. The smallest absolute Gasteiger partial charge is 0.277 e. The van der Waals surface area contributed by atoms with Gasteiger partial charge in [0.1, 0.15) is 0 Å². The van der Waals surface area contributed by atoms with Crippen LogP contribution in [0.15, 0.2) is 55.1 Å². The standard InChI is InChI=1S/C19H19N5O3/c1-13(2)23-12-16(11-22-23)17-9-15(3-4-18(17)24(26)27)19(25)21-10-14-5-7-20-8-6-14/h3-9,11-13H,10H2,1-2H3,(H,21,25). The number of aromatic nitrogens is 3. The number of amides is 1. The van der Waals surface area contributed by atoms with Gasteiger partial charge in [0.2, 0.25) is 0 Å². The van der Waals surface area contributed by atoms with E-state index in [2.05, 4.69) is 15.4 Å². The highest BCUT2D eigenvalue weighted by molar-refractivity contribution is 5.96. The van der Waals surface area contributed by atoms with Crippen molar-refractivity contribution in [3.05, 3.63) is 76.4 Å². The summed E-state index contributed by atoms with van der Waals surface area (Å²) in [4.78, 5) is 27.4. The number of nitro groups is 1. The van der Waals surface area contributed by atoms with Gasteiger partial charge in [0, 0.05) is 48.4 Å². The first kappa shape index (κ1) is 18.2. The maximum absolute atomic E-state index is 12.5. The van der Waals surface area contributed by atoms with Gasteiger partial charge in [-0.25, -0.2) is 0 Å². The Labute approximate surface area is 156 Å². The fourth-order valence-electron chi connectivity index (χ4n) is 2.61. The number of pyridine rings is 1. The molecule has 0 spiro atoms. The first-order valence-electron chi connectivity index (χ1n) is 8.46. The molecule has 0 radical (unpaired) electrons. The summed E-state index contributed by atoms with van der Waals surface area (Å²) in [5.41, 5.74) is 2.16. The summed E-state index contributed by atoms with van der Waals surface area (Å²) in [5.74, 6) is -0.306. The van der Waals surface area contributed by atoms with Crippen LogP contribution < -0.4 is 5.32 Å². The molecular formula is C19H19N5O3. The van der Waals surface area contributed by atoms with Gasteiger partial charge in [0.15, 0.2) is 0 Å². The van der Waals surface area contributed by atoms with E-state index in [1.807, 2.05) is 26.0 Å². The number of benzene rings is 1. The van der Waals surface area contributed by atoms with E-state index >= 15 is 0 Å². The molecule has 27 heavy (non-hydrogen) atoms. The number of nitro benzene ring substituents is 1. The summed E-state index contributed by atoms with van der Waals surface area (Å²) in [6, 6.07) is 8.08. The van der Waals surface area contributed by atoms with Crippen LogP contribution in [0, 0.1) is 10.1 Å². The minimum atomic E-state index is -0.458. The van der Waals surface area contributed by atoms with Crippen molar-refractivity contribution in [3.8, 4) is 11.1 Å². The van der Waals surface area contributed by atoms with Crippen molar-refractivity contribution in [2.24, 2.45) is 0 Å². The fraction of sp³-hybridized carbons (Fsp3) is 0.211. The lowest BCUT2D eigenvalue weighted by Crippen LogP contribution is -2.22. The molecule has 0 atom stereocenters. The summed E-state index contributed by atoms with van der Waals surface area (Å²) in [7, 11) is 0. The molecule has 0 bridgehead atoms. The van der Waals surface area contributed by atoms with Gasteiger partial charge in [0.05, 0.1) is 16.7 Å². The molecule has 0 saturated heterocycles. The molecule has 3 aromatic rings. The van der Waals surface area contributed by atoms with Crippen molar-refractivity contribution in [1.29, 1.82) is 0 Å². The molecule has 2 aromatic heterocycles. The predicted molar refractivity (Wildman–Crippen MR) is 100 cm³/mol. The van der Waals surface area contributed by atoms with E-state index in [9.17, 15) is 14.9 Å². The van der Waals surface area contributed by atoms with Crippen LogP contribution in [0.5, 0.6) is 0 Å². The van der Waals surface area contributed by atoms with E-state index in [0.29, 0.717) is 23.2 Å². The van der Waals surface area contributed by atoms with Crippen molar-refractivity contribution >= 4 is 11.6 Å². The molecule has 0 unspecified atom stereocenters. The first-order valence-corrected chi connectivity index (χ1v) is 8.46. The van der Waals surface area contributed by atoms with Gasteiger partial charge < -0.3 is 5.32 Å². The molecule has 0 fully saturated rings. The molecule has 1 N–H and O–H groups in total. The minimum absolute atomic E-state index is 0.0658. The SMILES string of the molecule is CC(C)n1cc(-c2cc(C(=O)NCc3ccncc3)ccc2[N+](=O)[O-])cn1. The molecule has 1 amide bonds. The summed E-state index contributed by atoms with van der Waals surface area (Å²) in [5, 5.41) is 18.4. The number of rotatable bonds is 6. The van der Waals surface area contributed by atoms with Crippen LogP contribution in [0.2, 0.25) is 0 Å². The van der Waals surface area contributed by atoms with Gasteiger partial charge >= 0.3 is 0 Å². The molecular weight excluding hydrogens is 346 g/mol. The Bertz CT molecular complexity index is 966. The van der Waals surface area contributed by atoms with E-state index in [1.165, 1.54) is 18.2 Å². The maximum Gasteiger partial charge on any atom is 0.277 e. The molecule has 0 aliphatic rings. The van der Waals surface area contributed by atoms with Crippen LogP contribution >= 0.6 is 0 Å². The van der Waals surface area contributed by atoms with Gasteiger partial charge in [-0.1, -0.05) is 0 Å². The third kappa shape index (κ3) is 4.17. The lowest BCUT2D eigenvalue weighted by atomic mass is 10.0. The average molecular weight is 365 g/mol. The third-order valence-electron chi connectivity index (χ3n) is 4.10. The molecule has 138 valence electrons. The summed E-state index contributed by atoms with van der Waals surface area (Å²) in [6.45, 7) is 4.28. The van der Waals surface area contributed by atoms with Crippen molar-refractivity contribution < 1.29 is 9.72 Å². The van der Waals surface area contributed by atoms with E-state index in [-0.39, 0.29) is 17.6 Å². The Kier molecular flexibility index (Phi) is 5.25. The molecule has 0 saturated carbocycles. The minimum Gasteiger partial charge on any atom is -0.348 e. The van der Waals surface area contributed by atoms with Gasteiger partial charge in [-0.3, -0.25) is 24.6 Å². The maximum atomic E-state index is 12.5. The molecule has 3 rings (SSSR count). The Morgan fingerprint density at radius 1 is 1.26 bits per heavy atom. The van der Waals surface area contributed by atoms with E-state index in [1.54, 1.807) is 29.5 Å². The fourth-order valence-corrected chi connectivity index (χ4v) is 2.61. The monoisotopic (exact) mass is 365 g/mol. The number of nitrogens with zero attached hydrogens (tertiary/aromatic N) is 4. The normalized spacial score (nSPS) is 10.8. The quantitative estimate of drug-likeness (QED) is 0.533. The second-order valence-electron chi connectivity index (χ2n) is 6.33. The zero-order valence-corrected chi connectivity index (χ0v) is 15.0. The number of hydrogen-bond donors (Lipinski definition) is 1. The lowest BCUT2D eigenvalue weighted by Gasteiger charge is -2.07. The van der Waals surface area contributed by atoms with Gasteiger partial charge in [-0.05, 0) is 43.7 Å². The molecule has 1 aromatic carbocycles. The second-order valence-corrected chi connectivity index (χ2v) is 6.33. The van der Waals surface area contributed by atoms with E-state index < -0.39 is 4.92 Å². The number of carbonyl (C=O) groups excluding carboxylic acids is 1. The van der Waals surface area contributed by atoms with Crippen molar-refractivity contribution in [2.45, 2.75) is 26.4 Å². The Balaban J connectivity index is 1.88. The van der Waals surface area contributed by atoms with E-state index in [4.69, 9.17) is 0 Å². The molecule has 8 nitrogen and oxygen atoms in total. The van der Waals surface area contributed by atoms with Gasteiger partial charge in [-0.15, -0.1) is 0 Å². The van der Waals surface area contributed by atoms with Crippen molar-refractivity contribution in [2.75, 3.05) is 0 Å². The van der Waals surface area contributed by atoms with Gasteiger partial charge in [0.25, 0.3) is 11.6 Å². The predicted octanol–water partition coefficient (Wildman–Crippen LogP) is 3.36. The summed E-state index contributed by atoms with van der Waals surface area (Å²) < 4.78 is 1.72. The van der Waals surface area contributed by atoms with Crippen LogP contribution in [-0.2, 0) is 6.54 Å². The Morgan fingerprint density at radius 2 is 2.00 bits per heavy atom. The highest BCUT2D eigenvalue weighted by Crippen LogP contribution is 2.31. The van der Waals surface area contributed by atoms with Crippen LogP contribution in [-0.4, -0.2) is 25.6 Å². The largest absolute Gasteiger partial charge is 0.348 e. The van der Waals surface area contributed by atoms with Crippen molar-refractivity contribution in [1.82, 2.24) is 20.1 Å². The molecule has 8 heteroatoms.